The van der Waals surface area contributed by atoms with Gasteiger partial charge in [-0.25, -0.2) is 0 Å². The molecule has 0 unspecified atom stereocenters. The predicted molar refractivity (Wildman–Crippen MR) is 175 cm³/mol. The van der Waals surface area contributed by atoms with Crippen molar-refractivity contribution in [1.82, 2.24) is 0 Å². The van der Waals surface area contributed by atoms with Gasteiger partial charge in [-0.1, -0.05) is 99.3 Å². The number of hydrogen-bond acceptors (Lipinski definition) is 8. The number of rotatable bonds is 4. The van der Waals surface area contributed by atoms with Gasteiger partial charge >= 0.3 is 57.4 Å². The number of aliphatic carboxylic acids is 1. The van der Waals surface area contributed by atoms with Crippen LogP contribution in [-0.2, 0) is 26.9 Å². The molecule has 0 heterocycles. The van der Waals surface area contributed by atoms with Gasteiger partial charge in [0.2, 0.25) is 4.38 Å². The Labute approximate surface area is 309 Å². The van der Waals surface area contributed by atoms with Gasteiger partial charge in [-0.2, -0.15) is 0 Å². The van der Waals surface area contributed by atoms with Crippen molar-refractivity contribution in [3.63, 3.8) is 0 Å². The molecule has 36 heavy (non-hydrogen) atoms. The Kier molecular flexibility index (Phi) is 48.5. The summed E-state index contributed by atoms with van der Waals surface area (Å²) in [7, 11) is 0. The van der Waals surface area contributed by atoms with Crippen molar-refractivity contribution in [2.24, 2.45) is 0 Å². The van der Waals surface area contributed by atoms with Crippen molar-refractivity contribution in [1.29, 1.82) is 0 Å². The zero-order chi connectivity index (χ0) is 25.0. The van der Waals surface area contributed by atoms with Crippen molar-refractivity contribution >= 4 is 128 Å². The molecule has 0 amide bonds. The first-order chi connectivity index (χ1) is 15.0. The summed E-state index contributed by atoms with van der Waals surface area (Å²) >= 11 is 34.4. The normalized spacial score (nSPS) is 14.8. The smallest absolute Gasteiger partial charge is 0.514 e. The van der Waals surface area contributed by atoms with Gasteiger partial charge in [0, 0.05) is 4.38 Å². The summed E-state index contributed by atoms with van der Waals surface area (Å²) in [6, 6.07) is 0. The number of carbonyl (C=O) groups is 1. The third-order valence-electron chi connectivity index (χ3n) is 4.27. The van der Waals surface area contributed by atoms with E-state index in [0.717, 1.165) is 19.3 Å². The van der Waals surface area contributed by atoms with Crippen molar-refractivity contribution in [2.75, 3.05) is 13.2 Å². The van der Waals surface area contributed by atoms with E-state index in [0.29, 0.717) is 30.4 Å². The number of ether oxygens (including phenoxy) is 2. The first-order valence-electron chi connectivity index (χ1n) is 10.4. The zero-order valence-electron chi connectivity index (χ0n) is 19.8. The molecule has 2 aliphatic carbocycles. The fourth-order valence-electron chi connectivity index (χ4n) is 2.85. The van der Waals surface area contributed by atoms with Crippen LogP contribution in [0.1, 0.15) is 92.9 Å². The molecule has 2 saturated carbocycles. The molecule has 0 atom stereocenters. The fourth-order valence-corrected chi connectivity index (χ4v) is 5.05. The quantitative estimate of drug-likeness (QED) is 0.149. The third kappa shape index (κ3) is 32.9. The predicted octanol–water partition coefficient (Wildman–Crippen LogP) is 6.69. The maximum absolute atomic E-state index is 11.3. The molecule has 14 heteroatoms. The zero-order valence-corrected chi connectivity index (χ0v) is 30.1. The van der Waals surface area contributed by atoms with Crippen LogP contribution < -0.4 is 51.4 Å². The van der Waals surface area contributed by atoms with Gasteiger partial charge in [0.15, 0.2) is 4.30 Å². The fraction of sp³-hybridized carbons (Fsp3) is 0.818. The van der Waals surface area contributed by atoms with E-state index in [1.165, 1.54) is 48.7 Å². The van der Waals surface area contributed by atoms with Gasteiger partial charge in [-0.3, -0.25) is 4.79 Å². The standard InChI is InChI=1S/C10H16O3S2.C6H10S.C3H6OS2.CHCl3.2CH4.ClH.K/c1-2-13-9(14)15-10(8(11)12)6-4-3-5-7-10;7-6-4-2-1-3-5-6;1-2-4-3(5)6;2-1(3)4;;;;/h2-7H2,1H3,(H,11,12);1-5H2;2H2,1H3,(H,5,6);1H;2*1H4;1H;/q;;;;;;;+1/p-1. The van der Waals surface area contributed by atoms with Crippen LogP contribution in [0.3, 0.4) is 0 Å². The molecule has 0 radical (unpaired) electrons. The van der Waals surface area contributed by atoms with E-state index in [2.05, 4.69) is 29.6 Å². The summed E-state index contributed by atoms with van der Waals surface area (Å²) in [5, 5.41) is 9.27. The molecule has 0 aromatic carbocycles. The van der Waals surface area contributed by atoms with Crippen molar-refractivity contribution in [2.45, 2.75) is 102 Å². The first-order valence-corrected chi connectivity index (χ1v) is 14.1. The van der Waals surface area contributed by atoms with Gasteiger partial charge in [0.05, 0.1) is 13.2 Å². The van der Waals surface area contributed by atoms with E-state index >= 15 is 0 Å². The number of hydrogen-bond donors (Lipinski definition) is 1. The molecule has 2 fully saturated rings. The molecule has 1 N–H and O–H groups in total. The van der Waals surface area contributed by atoms with Crippen molar-refractivity contribution < 1.29 is 70.8 Å². The van der Waals surface area contributed by atoms with Crippen LogP contribution in [0.25, 0.3) is 0 Å². The summed E-state index contributed by atoms with van der Waals surface area (Å²) in [5.74, 6) is -0.755. The topological polar surface area (TPSA) is 55.8 Å². The van der Waals surface area contributed by atoms with Gasteiger partial charge < -0.3 is 39.4 Å². The maximum atomic E-state index is 11.3. The number of halogens is 4. The largest absolute Gasteiger partial charge is 1.00 e. The second-order valence-corrected chi connectivity index (χ2v) is 12.2. The second-order valence-electron chi connectivity index (χ2n) is 6.67. The Morgan fingerprint density at radius 2 is 1.39 bits per heavy atom. The van der Waals surface area contributed by atoms with E-state index in [9.17, 15) is 9.90 Å². The van der Waals surface area contributed by atoms with Gasteiger partial charge in [-0.15, -0.1) is 12.4 Å². The minimum absolute atomic E-state index is 0. The van der Waals surface area contributed by atoms with Crippen LogP contribution in [0.2, 0.25) is 0 Å². The van der Waals surface area contributed by atoms with E-state index in [1.807, 2.05) is 13.8 Å². The number of thioether (sulfide) groups is 1. The summed E-state index contributed by atoms with van der Waals surface area (Å²) in [6.45, 7) is 4.78. The molecule has 0 aromatic rings. The van der Waals surface area contributed by atoms with E-state index in [1.54, 1.807) is 0 Å². The van der Waals surface area contributed by atoms with Crippen LogP contribution >= 0.6 is 95.6 Å². The average Bonchev–Trinajstić information content (AvgIpc) is 2.70. The summed E-state index contributed by atoms with van der Waals surface area (Å²) in [4.78, 5) is 12.6. The van der Waals surface area contributed by atoms with Crippen LogP contribution in [0.15, 0.2) is 0 Å². The average molecular weight is 711 g/mol. The molecule has 4 nitrogen and oxygen atoms in total. The van der Waals surface area contributed by atoms with E-state index in [4.69, 9.17) is 64.0 Å². The SMILES string of the molecule is C.C.CCOC(=S)SC1(C(=O)O)CCCCC1.CCOC(=S)[S-].Cl.ClC(Cl)Cl.S=C1CCCCC1.[K+]. The third-order valence-corrected chi connectivity index (χ3v) is 6.54. The summed E-state index contributed by atoms with van der Waals surface area (Å²) in [5.41, 5.74) is 0. The Balaban J connectivity index is -0.0000000912. The van der Waals surface area contributed by atoms with Gasteiger partial charge in [-0.05, 0) is 69.5 Å². The first kappa shape index (κ1) is 51.4. The molecular formula is C22H41Cl4KO4S5. The maximum Gasteiger partial charge on any atom is 1.00 e. The second kappa shape index (κ2) is 33.9. The monoisotopic (exact) mass is 708 g/mol. The Morgan fingerprint density at radius 1 is 1.00 bits per heavy atom. The van der Waals surface area contributed by atoms with E-state index < -0.39 is 15.0 Å². The van der Waals surface area contributed by atoms with Crippen molar-refractivity contribution in [3.05, 3.63) is 0 Å². The molecule has 0 aliphatic heterocycles. The number of thiocarbonyl (C=S) groups is 3. The van der Waals surface area contributed by atoms with Crippen LogP contribution in [0, 0.1) is 0 Å². The molecule has 2 rings (SSSR count). The van der Waals surface area contributed by atoms with Crippen LogP contribution in [0.5, 0.6) is 0 Å². The molecular weight excluding hydrogens is 669 g/mol. The van der Waals surface area contributed by atoms with Crippen LogP contribution in [0.4, 0.5) is 0 Å². The molecule has 212 valence electrons. The summed E-state index contributed by atoms with van der Waals surface area (Å²) in [6.07, 6.45) is 11.0. The Bertz CT molecular complexity index is 560. The number of carboxylic acids is 1. The molecule has 0 aromatic heterocycles. The van der Waals surface area contributed by atoms with Crippen molar-refractivity contribution in [3.8, 4) is 0 Å². The van der Waals surface area contributed by atoms with Crippen LogP contribution in [-0.4, -0.2) is 47.0 Å². The van der Waals surface area contributed by atoms with Gasteiger partial charge in [0.25, 0.3) is 0 Å². The molecule has 0 saturated heterocycles. The van der Waals surface area contributed by atoms with E-state index in [-0.39, 0.29) is 83.0 Å². The number of carboxylic acid groups (broad SMARTS) is 1. The Hall–Kier alpha value is 2.71. The minimum Gasteiger partial charge on any atom is -0.514 e. The molecule has 0 spiro atoms. The Morgan fingerprint density at radius 3 is 1.64 bits per heavy atom. The van der Waals surface area contributed by atoms with Gasteiger partial charge in [0.1, 0.15) is 4.75 Å². The molecule has 2 aliphatic rings. The summed E-state index contributed by atoms with van der Waals surface area (Å²) < 4.78 is 8.83. The number of alkyl halides is 3. The molecule has 0 bridgehead atoms. The minimum atomic E-state index is -0.755.